The second kappa shape index (κ2) is 14.0. The van der Waals surface area contributed by atoms with E-state index in [0.29, 0.717) is 0 Å². The summed E-state index contributed by atoms with van der Waals surface area (Å²) in [4.78, 5) is 51.4. The van der Waals surface area contributed by atoms with Crippen LogP contribution >= 0.6 is 7.75 Å². The monoisotopic (exact) mass is 622 g/mol. The molecule has 6 atom stereocenters. The molecule has 1 saturated heterocycles. The molecule has 3 rings (SSSR count). The van der Waals surface area contributed by atoms with Gasteiger partial charge in [0.05, 0.1) is 24.9 Å². The molecule has 0 radical (unpaired) electrons. The highest BCUT2D eigenvalue weighted by molar-refractivity contribution is 7.52. The van der Waals surface area contributed by atoms with Gasteiger partial charge < -0.3 is 23.5 Å². The van der Waals surface area contributed by atoms with E-state index in [0.717, 1.165) is 16.8 Å². The van der Waals surface area contributed by atoms with Crippen LogP contribution in [-0.4, -0.2) is 58.7 Å². The highest BCUT2D eigenvalue weighted by Crippen LogP contribution is 2.49. The molecule has 16 heteroatoms. The number of nitrogens with zero attached hydrogens (tertiary/aromatic N) is 2. The van der Waals surface area contributed by atoms with Gasteiger partial charge in [-0.15, -0.1) is 0 Å². The zero-order chi connectivity index (χ0) is 31.9. The van der Waals surface area contributed by atoms with Crippen molar-refractivity contribution < 1.29 is 42.1 Å². The Hall–Kier alpha value is -3.96. The van der Waals surface area contributed by atoms with Crippen LogP contribution in [0.2, 0.25) is 0 Å². The third kappa shape index (κ3) is 8.55. The SMILES string of the molecule is CC(C)OC(=O)OC1C(COP(=O)(NC(C)C(=O)OC(C)C)Oc2ccccc2)OC(n2ccc(=O)[nH]c2=O)C1(C)C#N. The minimum Gasteiger partial charge on any atom is -0.462 e. The van der Waals surface area contributed by atoms with E-state index in [4.69, 9.17) is 28.0 Å². The lowest BCUT2D eigenvalue weighted by Crippen LogP contribution is -2.43. The van der Waals surface area contributed by atoms with Gasteiger partial charge in [0, 0.05) is 12.3 Å². The molecule has 1 aliphatic rings. The fourth-order valence-corrected chi connectivity index (χ4v) is 5.65. The second-order valence-corrected chi connectivity index (χ2v) is 12.1. The quantitative estimate of drug-likeness (QED) is 0.259. The van der Waals surface area contributed by atoms with Gasteiger partial charge in [-0.05, 0) is 53.7 Å². The topological polar surface area (TPSA) is 197 Å². The predicted molar refractivity (Wildman–Crippen MR) is 150 cm³/mol. The molecule has 1 aromatic heterocycles. The Balaban J connectivity index is 1.96. The van der Waals surface area contributed by atoms with Crippen molar-refractivity contribution in [2.45, 2.75) is 78.2 Å². The van der Waals surface area contributed by atoms with Gasteiger partial charge in [0.2, 0.25) is 0 Å². The molecule has 1 aliphatic heterocycles. The number of ether oxygens (including phenoxy) is 4. The molecule has 0 saturated carbocycles. The highest BCUT2D eigenvalue weighted by atomic mass is 31.2. The Kier molecular flexibility index (Phi) is 10.9. The Labute approximate surface area is 247 Å². The van der Waals surface area contributed by atoms with Crippen molar-refractivity contribution in [2.75, 3.05) is 6.61 Å². The molecule has 6 unspecified atom stereocenters. The van der Waals surface area contributed by atoms with E-state index in [9.17, 15) is 29.0 Å². The fourth-order valence-electron chi connectivity index (χ4n) is 4.15. The van der Waals surface area contributed by atoms with Crippen molar-refractivity contribution in [1.29, 1.82) is 5.26 Å². The van der Waals surface area contributed by atoms with E-state index in [2.05, 4.69) is 10.1 Å². The Morgan fingerprint density at radius 2 is 1.77 bits per heavy atom. The van der Waals surface area contributed by atoms with Crippen molar-refractivity contribution in [2.24, 2.45) is 5.41 Å². The number of hydrogen-bond acceptors (Lipinski definition) is 12. The normalized spacial score (nSPS) is 23.7. The number of nitrogens with one attached hydrogen (secondary N) is 2. The Morgan fingerprint density at radius 1 is 1.12 bits per heavy atom. The maximum atomic E-state index is 14.0. The summed E-state index contributed by atoms with van der Waals surface area (Å²) in [7, 11) is -4.39. The predicted octanol–water partition coefficient (Wildman–Crippen LogP) is 3.03. The summed E-state index contributed by atoms with van der Waals surface area (Å²) < 4.78 is 48.1. The first-order chi connectivity index (χ1) is 20.2. The molecule has 2 heterocycles. The largest absolute Gasteiger partial charge is 0.508 e. The lowest BCUT2D eigenvalue weighted by atomic mass is 9.83. The van der Waals surface area contributed by atoms with Crippen LogP contribution in [0, 0.1) is 16.7 Å². The molecule has 2 aromatic rings. The maximum Gasteiger partial charge on any atom is 0.508 e. The van der Waals surface area contributed by atoms with Crippen molar-refractivity contribution in [3.8, 4) is 11.8 Å². The maximum absolute atomic E-state index is 14.0. The van der Waals surface area contributed by atoms with E-state index in [1.165, 1.54) is 26.0 Å². The molecule has 15 nitrogen and oxygen atoms in total. The first-order valence-electron chi connectivity index (χ1n) is 13.4. The molecule has 0 amide bonds. The number of rotatable bonds is 12. The third-order valence-electron chi connectivity index (χ3n) is 6.08. The molecule has 0 spiro atoms. The molecular formula is C27H35N4O11P. The van der Waals surface area contributed by atoms with Crippen LogP contribution in [0.4, 0.5) is 4.79 Å². The lowest BCUT2D eigenvalue weighted by Gasteiger charge is -2.29. The molecule has 0 bridgehead atoms. The van der Waals surface area contributed by atoms with Crippen LogP contribution in [0.5, 0.6) is 5.75 Å². The lowest BCUT2D eigenvalue weighted by molar-refractivity contribution is -0.149. The first kappa shape index (κ1) is 33.5. The second-order valence-electron chi connectivity index (χ2n) is 10.4. The van der Waals surface area contributed by atoms with Gasteiger partial charge >= 0.3 is 25.6 Å². The summed E-state index contributed by atoms with van der Waals surface area (Å²) >= 11 is 0. The van der Waals surface area contributed by atoms with Crippen LogP contribution < -0.4 is 20.9 Å². The molecule has 1 fully saturated rings. The van der Waals surface area contributed by atoms with Crippen LogP contribution in [0.1, 0.15) is 47.8 Å². The van der Waals surface area contributed by atoms with Gasteiger partial charge in [-0.1, -0.05) is 18.2 Å². The summed E-state index contributed by atoms with van der Waals surface area (Å²) in [6.07, 6.45) is -5.15. The standard InChI is InChI=1S/C27H35N4O11P/c1-16(2)38-23(33)18(5)30-43(36,42-19-10-8-7-9-11-19)37-14-20-22(41-26(35)39-17(3)4)27(6,15-28)24(40-20)31-13-12-21(32)29-25(31)34/h7-13,16-18,20,22,24H,14H2,1-6H3,(H,30,36)(H,29,32,34). The molecule has 2 N–H and O–H groups in total. The zero-order valence-corrected chi connectivity index (χ0v) is 25.4. The third-order valence-corrected chi connectivity index (χ3v) is 7.72. The number of para-hydroxylation sites is 1. The van der Waals surface area contributed by atoms with E-state index < -0.39 is 79.8 Å². The number of hydrogen-bond donors (Lipinski definition) is 2. The van der Waals surface area contributed by atoms with E-state index in [1.807, 2.05) is 6.07 Å². The van der Waals surface area contributed by atoms with Gasteiger partial charge in [0.25, 0.3) is 5.56 Å². The van der Waals surface area contributed by atoms with E-state index in [-0.39, 0.29) is 5.75 Å². The van der Waals surface area contributed by atoms with Crippen LogP contribution in [0.15, 0.2) is 52.2 Å². The summed E-state index contributed by atoms with van der Waals surface area (Å²) in [6.45, 7) is 8.65. The van der Waals surface area contributed by atoms with Gasteiger partial charge in [0.15, 0.2) is 12.3 Å². The van der Waals surface area contributed by atoms with E-state index in [1.54, 1.807) is 45.9 Å². The number of aromatic nitrogens is 2. The average molecular weight is 623 g/mol. The van der Waals surface area contributed by atoms with Crippen molar-refractivity contribution >= 4 is 19.9 Å². The van der Waals surface area contributed by atoms with Gasteiger partial charge in [-0.3, -0.25) is 23.7 Å². The number of carbonyl (C=O) groups excluding carboxylic acids is 2. The summed E-state index contributed by atoms with van der Waals surface area (Å²) in [5.74, 6) is -0.581. The Morgan fingerprint density at radius 3 is 2.35 bits per heavy atom. The number of H-pyrrole nitrogens is 1. The molecule has 43 heavy (non-hydrogen) atoms. The van der Waals surface area contributed by atoms with Gasteiger partial charge in [-0.2, -0.15) is 10.3 Å². The minimum atomic E-state index is -4.39. The zero-order valence-electron chi connectivity index (χ0n) is 24.5. The number of nitriles is 1. The van der Waals surface area contributed by atoms with Gasteiger partial charge in [0.1, 0.15) is 23.3 Å². The summed E-state index contributed by atoms with van der Waals surface area (Å²) in [5, 5.41) is 12.8. The van der Waals surface area contributed by atoms with Crippen LogP contribution in [0.25, 0.3) is 0 Å². The van der Waals surface area contributed by atoms with Crippen molar-refractivity contribution in [1.82, 2.24) is 14.6 Å². The van der Waals surface area contributed by atoms with E-state index >= 15 is 0 Å². The molecule has 1 aromatic carbocycles. The highest BCUT2D eigenvalue weighted by Gasteiger charge is 2.58. The molecular weight excluding hydrogens is 587 g/mol. The number of carbonyl (C=O) groups is 2. The number of esters is 1. The van der Waals surface area contributed by atoms with Crippen LogP contribution in [0.3, 0.4) is 0 Å². The fraction of sp³-hybridized carbons (Fsp3) is 0.519. The molecule has 234 valence electrons. The summed E-state index contributed by atoms with van der Waals surface area (Å²) in [6, 6.07) is 9.93. The minimum absolute atomic E-state index is 0.142. The number of aromatic amines is 1. The first-order valence-corrected chi connectivity index (χ1v) is 14.9. The average Bonchev–Trinajstić information content (AvgIpc) is 3.18. The molecule has 0 aliphatic carbocycles. The summed E-state index contributed by atoms with van der Waals surface area (Å²) in [5.41, 5.74) is -3.30. The van der Waals surface area contributed by atoms with Crippen molar-refractivity contribution in [3.63, 3.8) is 0 Å². The number of benzene rings is 1. The van der Waals surface area contributed by atoms with Crippen molar-refractivity contribution in [3.05, 3.63) is 63.4 Å². The van der Waals surface area contributed by atoms with Crippen LogP contribution in [-0.2, 0) is 32.8 Å². The smallest absolute Gasteiger partial charge is 0.462 e. The Bertz CT molecular complexity index is 1490. The van der Waals surface area contributed by atoms with Gasteiger partial charge in [-0.25, -0.2) is 14.2 Å².